The molecule has 0 bridgehead atoms. The lowest BCUT2D eigenvalue weighted by Crippen LogP contribution is -2.44. The van der Waals surface area contributed by atoms with Crippen LogP contribution in [0.5, 0.6) is 0 Å². The Morgan fingerprint density at radius 2 is 1.71 bits per heavy atom. The molecule has 0 aliphatic carbocycles. The van der Waals surface area contributed by atoms with Gasteiger partial charge in [-0.25, -0.2) is 0 Å². The topological polar surface area (TPSA) is 53.1 Å². The van der Waals surface area contributed by atoms with Crippen LogP contribution in [0, 0.1) is 5.92 Å². The SMILES string of the molecule is O=C(Cc1ccc(N2CCCC2=O)cc1)N1CCC(CN2CCOCC2)CC1. The maximum atomic E-state index is 12.7. The van der Waals surface area contributed by atoms with Gasteiger partial charge in [0.2, 0.25) is 11.8 Å². The summed E-state index contributed by atoms with van der Waals surface area (Å²) in [6.45, 7) is 7.46. The van der Waals surface area contributed by atoms with Crippen molar-refractivity contribution in [2.75, 3.05) is 57.4 Å². The molecular formula is C22H31N3O3. The number of hydrogen-bond acceptors (Lipinski definition) is 4. The number of carbonyl (C=O) groups excluding carboxylic acids is 2. The van der Waals surface area contributed by atoms with Gasteiger partial charge in [0.15, 0.2) is 0 Å². The number of nitrogens with zero attached hydrogens (tertiary/aromatic N) is 3. The highest BCUT2D eigenvalue weighted by Gasteiger charge is 2.25. The molecule has 0 N–H and O–H groups in total. The molecule has 0 atom stereocenters. The monoisotopic (exact) mass is 385 g/mol. The summed E-state index contributed by atoms with van der Waals surface area (Å²) in [5, 5.41) is 0. The third kappa shape index (κ3) is 4.73. The van der Waals surface area contributed by atoms with Crippen molar-refractivity contribution in [1.29, 1.82) is 0 Å². The molecule has 3 heterocycles. The van der Waals surface area contributed by atoms with Crippen LogP contribution in [-0.4, -0.2) is 74.1 Å². The van der Waals surface area contributed by atoms with Gasteiger partial charge in [0.1, 0.15) is 0 Å². The number of morpholine rings is 1. The maximum Gasteiger partial charge on any atom is 0.227 e. The van der Waals surface area contributed by atoms with Crippen LogP contribution in [-0.2, 0) is 20.7 Å². The Bertz CT molecular complexity index is 677. The summed E-state index contributed by atoms with van der Waals surface area (Å²) in [7, 11) is 0. The number of ether oxygens (including phenoxy) is 1. The van der Waals surface area contributed by atoms with Crippen molar-refractivity contribution in [3.8, 4) is 0 Å². The van der Waals surface area contributed by atoms with E-state index in [9.17, 15) is 9.59 Å². The molecular weight excluding hydrogens is 354 g/mol. The van der Waals surface area contributed by atoms with Crippen LogP contribution in [0.2, 0.25) is 0 Å². The average Bonchev–Trinajstić information content (AvgIpc) is 3.16. The van der Waals surface area contributed by atoms with Gasteiger partial charge < -0.3 is 14.5 Å². The summed E-state index contributed by atoms with van der Waals surface area (Å²) in [6.07, 6.45) is 4.21. The van der Waals surface area contributed by atoms with Crippen molar-refractivity contribution in [3.63, 3.8) is 0 Å². The number of benzene rings is 1. The van der Waals surface area contributed by atoms with Gasteiger partial charge in [-0.15, -0.1) is 0 Å². The summed E-state index contributed by atoms with van der Waals surface area (Å²) < 4.78 is 5.42. The van der Waals surface area contributed by atoms with Gasteiger partial charge >= 0.3 is 0 Å². The molecule has 0 aromatic heterocycles. The van der Waals surface area contributed by atoms with Crippen LogP contribution in [0.15, 0.2) is 24.3 Å². The van der Waals surface area contributed by atoms with E-state index in [1.807, 2.05) is 34.1 Å². The highest BCUT2D eigenvalue weighted by Crippen LogP contribution is 2.23. The van der Waals surface area contributed by atoms with Gasteiger partial charge in [-0.1, -0.05) is 12.1 Å². The van der Waals surface area contributed by atoms with E-state index in [1.165, 1.54) is 0 Å². The van der Waals surface area contributed by atoms with Gasteiger partial charge in [0.25, 0.3) is 0 Å². The summed E-state index contributed by atoms with van der Waals surface area (Å²) in [5.74, 6) is 1.11. The van der Waals surface area contributed by atoms with Crippen molar-refractivity contribution in [2.24, 2.45) is 5.92 Å². The lowest BCUT2D eigenvalue weighted by atomic mass is 9.95. The highest BCUT2D eigenvalue weighted by atomic mass is 16.5. The van der Waals surface area contributed by atoms with Crippen molar-refractivity contribution in [2.45, 2.75) is 32.1 Å². The van der Waals surface area contributed by atoms with Gasteiger partial charge in [-0.3, -0.25) is 14.5 Å². The number of likely N-dealkylation sites (tertiary alicyclic amines) is 1. The van der Waals surface area contributed by atoms with Crippen molar-refractivity contribution < 1.29 is 14.3 Å². The molecule has 3 aliphatic heterocycles. The van der Waals surface area contributed by atoms with E-state index < -0.39 is 0 Å². The molecule has 2 amide bonds. The fourth-order valence-electron chi connectivity index (χ4n) is 4.52. The molecule has 0 saturated carbocycles. The molecule has 1 aromatic carbocycles. The molecule has 28 heavy (non-hydrogen) atoms. The van der Waals surface area contributed by atoms with E-state index >= 15 is 0 Å². The Hall–Kier alpha value is -1.92. The number of rotatable bonds is 5. The molecule has 0 unspecified atom stereocenters. The van der Waals surface area contributed by atoms with Crippen LogP contribution in [0.4, 0.5) is 5.69 Å². The van der Waals surface area contributed by atoms with Gasteiger partial charge in [-0.2, -0.15) is 0 Å². The Morgan fingerprint density at radius 3 is 2.36 bits per heavy atom. The van der Waals surface area contributed by atoms with Crippen LogP contribution in [0.3, 0.4) is 0 Å². The Kier molecular flexibility index (Phi) is 6.27. The first kappa shape index (κ1) is 19.4. The van der Waals surface area contributed by atoms with E-state index in [0.717, 1.165) is 83.0 Å². The van der Waals surface area contributed by atoms with E-state index in [2.05, 4.69) is 4.90 Å². The second-order valence-corrected chi connectivity index (χ2v) is 8.23. The van der Waals surface area contributed by atoms with Gasteiger partial charge in [-0.05, 0) is 42.9 Å². The number of hydrogen-bond donors (Lipinski definition) is 0. The van der Waals surface area contributed by atoms with Crippen molar-refractivity contribution in [3.05, 3.63) is 29.8 Å². The second-order valence-electron chi connectivity index (χ2n) is 8.23. The molecule has 6 nitrogen and oxygen atoms in total. The van der Waals surface area contributed by atoms with E-state index in [-0.39, 0.29) is 11.8 Å². The largest absolute Gasteiger partial charge is 0.379 e. The Morgan fingerprint density at radius 1 is 1.00 bits per heavy atom. The smallest absolute Gasteiger partial charge is 0.227 e. The fraction of sp³-hybridized carbons (Fsp3) is 0.636. The van der Waals surface area contributed by atoms with Gasteiger partial charge in [0.05, 0.1) is 19.6 Å². The third-order valence-electron chi connectivity index (χ3n) is 6.26. The summed E-state index contributed by atoms with van der Waals surface area (Å²) >= 11 is 0. The summed E-state index contributed by atoms with van der Waals surface area (Å²) in [6, 6.07) is 7.93. The second kappa shape index (κ2) is 9.05. The predicted octanol–water partition coefficient (Wildman–Crippen LogP) is 1.93. The van der Waals surface area contributed by atoms with Crippen LogP contribution in [0.25, 0.3) is 0 Å². The molecule has 0 spiro atoms. The minimum Gasteiger partial charge on any atom is -0.379 e. The standard InChI is InChI=1S/C22H31N3O3/c26-21-2-1-9-25(21)20-5-3-18(4-6-20)16-22(27)24-10-7-19(8-11-24)17-23-12-14-28-15-13-23/h3-6,19H,1-2,7-17H2. The van der Waals surface area contributed by atoms with Gasteiger partial charge in [0, 0.05) is 51.4 Å². The quantitative estimate of drug-likeness (QED) is 0.777. The fourth-order valence-corrected chi connectivity index (χ4v) is 4.52. The zero-order valence-corrected chi connectivity index (χ0v) is 16.6. The molecule has 3 saturated heterocycles. The van der Waals surface area contributed by atoms with E-state index in [4.69, 9.17) is 4.74 Å². The normalized spacial score (nSPS) is 22.1. The third-order valence-corrected chi connectivity index (χ3v) is 6.26. The minimum atomic E-state index is 0.198. The number of amides is 2. The minimum absolute atomic E-state index is 0.198. The highest BCUT2D eigenvalue weighted by molar-refractivity contribution is 5.95. The number of carbonyl (C=O) groups is 2. The first-order valence-corrected chi connectivity index (χ1v) is 10.7. The van der Waals surface area contributed by atoms with E-state index in [0.29, 0.717) is 18.8 Å². The van der Waals surface area contributed by atoms with Crippen LogP contribution < -0.4 is 4.90 Å². The Balaban J connectivity index is 1.23. The summed E-state index contributed by atoms with van der Waals surface area (Å²) in [5.41, 5.74) is 1.97. The molecule has 1 aromatic rings. The molecule has 152 valence electrons. The zero-order valence-electron chi connectivity index (χ0n) is 16.6. The van der Waals surface area contributed by atoms with Crippen molar-refractivity contribution in [1.82, 2.24) is 9.80 Å². The first-order valence-electron chi connectivity index (χ1n) is 10.7. The molecule has 3 aliphatic rings. The average molecular weight is 386 g/mol. The van der Waals surface area contributed by atoms with Crippen LogP contribution in [0.1, 0.15) is 31.2 Å². The lowest BCUT2D eigenvalue weighted by Gasteiger charge is -2.36. The van der Waals surface area contributed by atoms with Crippen molar-refractivity contribution >= 4 is 17.5 Å². The lowest BCUT2D eigenvalue weighted by molar-refractivity contribution is -0.132. The number of anilines is 1. The molecule has 4 rings (SSSR count). The zero-order chi connectivity index (χ0) is 19.3. The Labute approximate surface area is 167 Å². The molecule has 0 radical (unpaired) electrons. The molecule has 3 fully saturated rings. The first-order chi connectivity index (χ1) is 13.7. The summed E-state index contributed by atoms with van der Waals surface area (Å²) in [4.78, 5) is 30.9. The molecule has 6 heteroatoms. The predicted molar refractivity (Wildman–Crippen MR) is 108 cm³/mol. The van der Waals surface area contributed by atoms with E-state index in [1.54, 1.807) is 0 Å². The van der Waals surface area contributed by atoms with Crippen LogP contribution >= 0.6 is 0 Å². The maximum absolute atomic E-state index is 12.7. The number of piperidine rings is 1.